The zero-order chi connectivity index (χ0) is 14.9. The minimum absolute atomic E-state index is 0.198. The molecule has 1 saturated carbocycles. The quantitative estimate of drug-likeness (QED) is 0.619. The normalized spacial score (nSPS) is 22.0. The van der Waals surface area contributed by atoms with Crippen molar-refractivity contribution in [1.82, 2.24) is 5.48 Å². The van der Waals surface area contributed by atoms with Crippen LogP contribution >= 0.6 is 0 Å². The Bertz CT molecular complexity index is 421. The van der Waals surface area contributed by atoms with Gasteiger partial charge in [0.05, 0.1) is 13.2 Å². The second-order valence-electron chi connectivity index (χ2n) is 5.67. The maximum atomic E-state index is 10.8. The second kappa shape index (κ2) is 8.80. The molecule has 0 aliphatic heterocycles. The van der Waals surface area contributed by atoms with Crippen LogP contribution in [0, 0.1) is 5.92 Å². The predicted octanol–water partition coefficient (Wildman–Crippen LogP) is 3.22. The largest absolute Gasteiger partial charge is 0.466 e. The van der Waals surface area contributed by atoms with Crippen molar-refractivity contribution in [3.63, 3.8) is 0 Å². The Morgan fingerprint density at radius 2 is 2.00 bits per heavy atom. The number of carbonyl (C=O) groups excluding carboxylic acids is 1. The fourth-order valence-corrected chi connectivity index (χ4v) is 2.87. The monoisotopic (exact) mass is 291 g/mol. The molecule has 2 rings (SSSR count). The molecule has 1 N–H and O–H groups in total. The Kier molecular flexibility index (Phi) is 6.70. The Labute approximate surface area is 126 Å². The van der Waals surface area contributed by atoms with E-state index in [2.05, 4.69) is 17.6 Å². The number of hydrogen-bond donors (Lipinski definition) is 1. The third-order valence-corrected chi connectivity index (χ3v) is 4.02. The van der Waals surface area contributed by atoms with Gasteiger partial charge in [-0.15, -0.1) is 0 Å². The lowest BCUT2D eigenvalue weighted by Gasteiger charge is -2.31. The number of ether oxygens (including phenoxy) is 1. The van der Waals surface area contributed by atoms with Crippen molar-refractivity contribution in [2.75, 3.05) is 6.61 Å². The van der Waals surface area contributed by atoms with E-state index >= 15 is 0 Å². The first-order chi connectivity index (χ1) is 10.3. The van der Waals surface area contributed by atoms with E-state index in [-0.39, 0.29) is 5.97 Å². The maximum Gasteiger partial charge on any atom is 0.302 e. The van der Waals surface area contributed by atoms with Crippen LogP contribution < -0.4 is 5.48 Å². The van der Waals surface area contributed by atoms with Gasteiger partial charge in [0, 0.05) is 13.0 Å². The summed E-state index contributed by atoms with van der Waals surface area (Å²) in [6, 6.07) is 10.5. The molecule has 1 fully saturated rings. The Hall–Kier alpha value is -1.39. The second-order valence-corrected chi connectivity index (χ2v) is 5.67. The molecule has 116 valence electrons. The molecule has 4 nitrogen and oxygen atoms in total. The molecule has 0 spiro atoms. The van der Waals surface area contributed by atoms with Crippen molar-refractivity contribution >= 4 is 5.97 Å². The lowest BCUT2D eigenvalue weighted by Crippen LogP contribution is -2.39. The lowest BCUT2D eigenvalue weighted by molar-refractivity contribution is -0.141. The van der Waals surface area contributed by atoms with Crippen LogP contribution in [-0.2, 0) is 21.0 Å². The summed E-state index contributed by atoms with van der Waals surface area (Å²) in [6.07, 6.45) is 5.69. The summed E-state index contributed by atoms with van der Waals surface area (Å²) >= 11 is 0. The van der Waals surface area contributed by atoms with Crippen LogP contribution in [0.3, 0.4) is 0 Å². The first-order valence-corrected chi connectivity index (χ1v) is 7.80. The summed E-state index contributed by atoms with van der Waals surface area (Å²) in [6.45, 7) is 2.55. The third-order valence-electron chi connectivity index (χ3n) is 4.02. The van der Waals surface area contributed by atoms with Crippen molar-refractivity contribution in [2.24, 2.45) is 5.92 Å². The molecule has 1 aromatic carbocycles. The summed E-state index contributed by atoms with van der Waals surface area (Å²) in [5, 5.41) is 0. The van der Waals surface area contributed by atoms with Gasteiger partial charge in [0.1, 0.15) is 0 Å². The van der Waals surface area contributed by atoms with E-state index < -0.39 is 0 Å². The lowest BCUT2D eigenvalue weighted by atomic mass is 9.83. The molecule has 2 atom stereocenters. The highest BCUT2D eigenvalue weighted by molar-refractivity contribution is 5.65. The van der Waals surface area contributed by atoms with E-state index in [1.165, 1.54) is 26.2 Å². The molecule has 4 heteroatoms. The Morgan fingerprint density at radius 1 is 1.24 bits per heavy atom. The van der Waals surface area contributed by atoms with Gasteiger partial charge in [-0.25, -0.2) is 0 Å². The van der Waals surface area contributed by atoms with E-state index in [4.69, 9.17) is 9.57 Å². The molecule has 1 aliphatic rings. The van der Waals surface area contributed by atoms with Crippen molar-refractivity contribution < 1.29 is 14.4 Å². The highest BCUT2D eigenvalue weighted by atomic mass is 16.6. The van der Waals surface area contributed by atoms with Gasteiger partial charge in [-0.1, -0.05) is 43.2 Å². The number of esters is 1. The molecule has 0 saturated heterocycles. The molecule has 21 heavy (non-hydrogen) atoms. The molecular formula is C17H25NO3. The van der Waals surface area contributed by atoms with E-state index in [1.807, 2.05) is 18.2 Å². The summed E-state index contributed by atoms with van der Waals surface area (Å²) in [5.74, 6) is 0.324. The van der Waals surface area contributed by atoms with E-state index in [0.29, 0.717) is 25.2 Å². The number of rotatable bonds is 7. The smallest absolute Gasteiger partial charge is 0.302 e. The van der Waals surface area contributed by atoms with Gasteiger partial charge in [-0.2, -0.15) is 5.48 Å². The fourth-order valence-electron chi connectivity index (χ4n) is 2.87. The fraction of sp³-hybridized carbons (Fsp3) is 0.588. The average molecular weight is 291 g/mol. The van der Waals surface area contributed by atoms with Gasteiger partial charge in [-0.05, 0) is 30.7 Å². The van der Waals surface area contributed by atoms with Crippen LogP contribution in [0.15, 0.2) is 30.3 Å². The van der Waals surface area contributed by atoms with Crippen LogP contribution in [0.5, 0.6) is 0 Å². The number of carbonyl (C=O) groups is 1. The van der Waals surface area contributed by atoms with Gasteiger partial charge in [0.15, 0.2) is 0 Å². The van der Waals surface area contributed by atoms with E-state index in [9.17, 15) is 4.79 Å². The number of hydroxylamine groups is 1. The van der Waals surface area contributed by atoms with Crippen LogP contribution in [-0.4, -0.2) is 18.6 Å². The SMILES string of the molecule is CC(=O)OCC[C@@H]1CCCC[C@H]1NOCc1ccccc1. The minimum Gasteiger partial charge on any atom is -0.466 e. The molecule has 0 heterocycles. The average Bonchev–Trinajstić information content (AvgIpc) is 2.49. The van der Waals surface area contributed by atoms with E-state index in [1.54, 1.807) is 0 Å². The molecular weight excluding hydrogens is 266 g/mol. The highest BCUT2D eigenvalue weighted by Crippen LogP contribution is 2.27. The maximum absolute atomic E-state index is 10.8. The Balaban J connectivity index is 1.72. The third kappa shape index (κ3) is 5.86. The number of hydrogen-bond acceptors (Lipinski definition) is 4. The Morgan fingerprint density at radius 3 is 2.76 bits per heavy atom. The zero-order valence-electron chi connectivity index (χ0n) is 12.7. The molecule has 0 bridgehead atoms. The van der Waals surface area contributed by atoms with Gasteiger partial charge in [0.25, 0.3) is 0 Å². The highest BCUT2D eigenvalue weighted by Gasteiger charge is 2.25. The van der Waals surface area contributed by atoms with Gasteiger partial charge in [-0.3, -0.25) is 9.63 Å². The first kappa shape index (κ1) is 16.0. The van der Waals surface area contributed by atoms with Gasteiger partial charge < -0.3 is 4.74 Å². The first-order valence-electron chi connectivity index (χ1n) is 7.80. The predicted molar refractivity (Wildman–Crippen MR) is 81.4 cm³/mol. The summed E-state index contributed by atoms with van der Waals surface area (Å²) < 4.78 is 5.06. The van der Waals surface area contributed by atoms with Crippen molar-refractivity contribution in [3.05, 3.63) is 35.9 Å². The molecule has 0 aromatic heterocycles. The standard InChI is InChI=1S/C17H25NO3/c1-14(19)20-12-11-16-9-5-6-10-17(16)18-21-13-15-7-3-2-4-8-15/h2-4,7-8,16-18H,5-6,9-13H2,1H3/t16-,17+/m0/s1. The van der Waals surface area contributed by atoms with Crippen molar-refractivity contribution in [1.29, 1.82) is 0 Å². The zero-order valence-corrected chi connectivity index (χ0v) is 12.7. The van der Waals surface area contributed by atoms with Crippen molar-refractivity contribution in [3.8, 4) is 0 Å². The summed E-state index contributed by atoms with van der Waals surface area (Å²) in [7, 11) is 0. The molecule has 0 amide bonds. The minimum atomic E-state index is -0.198. The van der Waals surface area contributed by atoms with Crippen LogP contribution in [0.2, 0.25) is 0 Å². The topological polar surface area (TPSA) is 47.6 Å². The number of benzene rings is 1. The van der Waals surface area contributed by atoms with Gasteiger partial charge in [0.2, 0.25) is 0 Å². The summed E-state index contributed by atoms with van der Waals surface area (Å²) in [5.41, 5.74) is 4.38. The van der Waals surface area contributed by atoms with Crippen LogP contribution in [0.1, 0.15) is 44.6 Å². The molecule has 1 aliphatic carbocycles. The van der Waals surface area contributed by atoms with Crippen LogP contribution in [0.25, 0.3) is 0 Å². The molecule has 1 aromatic rings. The molecule has 0 radical (unpaired) electrons. The van der Waals surface area contributed by atoms with E-state index in [0.717, 1.165) is 18.4 Å². The van der Waals surface area contributed by atoms with Crippen molar-refractivity contribution in [2.45, 2.75) is 51.7 Å². The molecule has 0 unspecified atom stereocenters. The summed E-state index contributed by atoms with van der Waals surface area (Å²) in [4.78, 5) is 16.5. The van der Waals surface area contributed by atoms with Gasteiger partial charge >= 0.3 is 5.97 Å². The van der Waals surface area contributed by atoms with Crippen LogP contribution in [0.4, 0.5) is 0 Å². The number of nitrogens with one attached hydrogen (secondary N) is 1.